The molecule has 0 unspecified atom stereocenters. The van der Waals surface area contributed by atoms with E-state index in [1.807, 2.05) is 33.5 Å². The second-order valence-corrected chi connectivity index (χ2v) is 19.2. The maximum absolute atomic E-state index is 14.4. The molecule has 0 aromatic heterocycles. The maximum Gasteiger partial charge on any atom is 0.199 e. The summed E-state index contributed by atoms with van der Waals surface area (Å²) in [6, 6.07) is 15.7. The predicted molar refractivity (Wildman–Crippen MR) is 141 cm³/mol. The van der Waals surface area contributed by atoms with Gasteiger partial charge in [0.15, 0.2) is 32.1 Å². The molecule has 1 heterocycles. The van der Waals surface area contributed by atoms with Crippen LogP contribution in [0.15, 0.2) is 82.6 Å². The molecule has 6 nitrogen and oxygen atoms in total. The van der Waals surface area contributed by atoms with Gasteiger partial charge < -0.3 is 9.16 Å². The Morgan fingerprint density at radius 1 is 0.914 bits per heavy atom. The van der Waals surface area contributed by atoms with Gasteiger partial charge in [0.2, 0.25) is 0 Å². The van der Waals surface area contributed by atoms with Crippen molar-refractivity contribution in [2.45, 2.75) is 84.9 Å². The van der Waals surface area contributed by atoms with E-state index in [0.29, 0.717) is 6.42 Å². The van der Waals surface area contributed by atoms with Crippen LogP contribution >= 0.6 is 0 Å². The molecule has 0 amide bonds. The summed E-state index contributed by atoms with van der Waals surface area (Å²) in [7, 11) is -11.0. The van der Waals surface area contributed by atoms with E-state index in [-0.39, 0.29) is 28.7 Å². The van der Waals surface area contributed by atoms with Crippen LogP contribution in [0.2, 0.25) is 19.6 Å². The fourth-order valence-electron chi connectivity index (χ4n) is 4.40. The monoisotopic (exact) mass is 536 g/mol. The van der Waals surface area contributed by atoms with E-state index in [1.165, 1.54) is 24.3 Å². The highest BCUT2D eigenvalue weighted by Crippen LogP contribution is 2.44. The Bertz CT molecular complexity index is 1150. The summed E-state index contributed by atoms with van der Waals surface area (Å²) in [6.45, 7) is 9.81. The van der Waals surface area contributed by atoms with Crippen molar-refractivity contribution in [1.82, 2.24) is 0 Å². The van der Waals surface area contributed by atoms with Gasteiger partial charge in [-0.25, -0.2) is 16.8 Å². The van der Waals surface area contributed by atoms with Gasteiger partial charge in [0.1, 0.15) is 0 Å². The average Bonchev–Trinajstić information content (AvgIpc) is 2.88. The van der Waals surface area contributed by atoms with E-state index in [2.05, 4.69) is 0 Å². The van der Waals surface area contributed by atoms with Crippen molar-refractivity contribution in [2.75, 3.05) is 0 Å². The molecule has 9 heteroatoms. The molecular formula is C26H36O6S2Si. The fraction of sp³-hybridized carbons (Fsp3) is 0.462. The van der Waals surface area contributed by atoms with Crippen LogP contribution in [-0.2, 0) is 28.8 Å². The Balaban J connectivity index is 2.35. The first-order valence-electron chi connectivity index (χ1n) is 11.9. The van der Waals surface area contributed by atoms with Gasteiger partial charge in [0, 0.05) is 12.8 Å². The molecule has 2 aromatic carbocycles. The van der Waals surface area contributed by atoms with Crippen LogP contribution in [0.4, 0.5) is 0 Å². The average molecular weight is 537 g/mol. The zero-order valence-corrected chi connectivity index (χ0v) is 23.7. The normalized spacial score (nSPS) is 24.7. The molecule has 1 aliphatic heterocycles. The van der Waals surface area contributed by atoms with Crippen molar-refractivity contribution < 1.29 is 26.0 Å². The highest BCUT2D eigenvalue weighted by atomic mass is 32.3. The lowest BCUT2D eigenvalue weighted by molar-refractivity contribution is -0.0473. The minimum atomic E-state index is -4.38. The van der Waals surface area contributed by atoms with E-state index < -0.39 is 44.3 Å². The van der Waals surface area contributed by atoms with Crippen LogP contribution < -0.4 is 0 Å². The number of rotatable bonds is 7. The standard InChI is InChI=1S/C26H36O6S2Si/c1-6-22-14-13-19-26(33(27,28)23-15-9-7-10-16-23,34(29,30)24-17-11-8-12-18-24)20-25(21(2)31-22)32-35(3,4)5/h7-18,21-22,25H,6,19-20H2,1-5H3/b14-13-/t21-,22-,25+/m1/s1. The van der Waals surface area contributed by atoms with E-state index in [0.717, 1.165) is 0 Å². The second kappa shape index (κ2) is 10.7. The van der Waals surface area contributed by atoms with Crippen LogP contribution in [0.1, 0.15) is 33.1 Å². The lowest BCUT2D eigenvalue weighted by Crippen LogP contribution is -2.52. The third kappa shape index (κ3) is 5.80. The minimum absolute atomic E-state index is 0.0282. The Kier molecular flexibility index (Phi) is 8.48. The van der Waals surface area contributed by atoms with Gasteiger partial charge in [-0.15, -0.1) is 0 Å². The van der Waals surface area contributed by atoms with E-state index in [9.17, 15) is 16.8 Å². The first kappa shape index (κ1) is 27.8. The van der Waals surface area contributed by atoms with E-state index >= 15 is 0 Å². The van der Waals surface area contributed by atoms with Crippen LogP contribution in [-0.4, -0.2) is 47.5 Å². The minimum Gasteiger partial charge on any atom is -0.412 e. The summed E-state index contributed by atoms with van der Waals surface area (Å²) in [6.07, 6.45) is 2.14. The van der Waals surface area contributed by atoms with Crippen molar-refractivity contribution in [3.63, 3.8) is 0 Å². The molecule has 1 aliphatic rings. The van der Waals surface area contributed by atoms with Gasteiger partial charge in [-0.3, -0.25) is 0 Å². The Morgan fingerprint density at radius 2 is 1.40 bits per heavy atom. The zero-order valence-electron chi connectivity index (χ0n) is 21.0. The van der Waals surface area contributed by atoms with Crippen LogP contribution in [0.3, 0.4) is 0 Å². The number of allylic oxidation sites excluding steroid dienone is 1. The largest absolute Gasteiger partial charge is 0.412 e. The van der Waals surface area contributed by atoms with Crippen molar-refractivity contribution >= 4 is 28.0 Å². The van der Waals surface area contributed by atoms with Crippen molar-refractivity contribution in [3.8, 4) is 0 Å². The number of ether oxygens (including phenoxy) is 1. The van der Waals surface area contributed by atoms with Gasteiger partial charge in [-0.2, -0.15) is 0 Å². The first-order valence-corrected chi connectivity index (χ1v) is 18.3. The highest BCUT2D eigenvalue weighted by molar-refractivity contribution is 8.10. The number of benzene rings is 2. The third-order valence-corrected chi connectivity index (χ3v) is 12.9. The molecule has 35 heavy (non-hydrogen) atoms. The lowest BCUT2D eigenvalue weighted by Gasteiger charge is -2.39. The van der Waals surface area contributed by atoms with Gasteiger partial charge >= 0.3 is 0 Å². The summed E-state index contributed by atoms with van der Waals surface area (Å²) in [5, 5.41) is 0. The molecule has 3 atom stereocenters. The summed E-state index contributed by atoms with van der Waals surface area (Å²) >= 11 is 0. The molecular weight excluding hydrogens is 501 g/mol. The fourth-order valence-corrected chi connectivity index (χ4v) is 10.6. The van der Waals surface area contributed by atoms with E-state index in [4.69, 9.17) is 9.16 Å². The first-order chi connectivity index (χ1) is 16.3. The quantitative estimate of drug-likeness (QED) is 0.349. The predicted octanol–water partition coefficient (Wildman–Crippen LogP) is 5.38. The Labute approximate surface area is 211 Å². The number of hydrogen-bond acceptors (Lipinski definition) is 6. The van der Waals surface area contributed by atoms with Crippen molar-refractivity contribution in [2.24, 2.45) is 0 Å². The summed E-state index contributed by atoms with van der Waals surface area (Å²) < 4.78 is 68.0. The zero-order chi connectivity index (χ0) is 25.9. The van der Waals surface area contributed by atoms with Crippen molar-refractivity contribution in [1.29, 1.82) is 0 Å². The molecule has 0 N–H and O–H groups in total. The number of hydrogen-bond donors (Lipinski definition) is 0. The van der Waals surface area contributed by atoms with Gasteiger partial charge in [0.05, 0.1) is 28.1 Å². The smallest absolute Gasteiger partial charge is 0.199 e. The molecule has 0 bridgehead atoms. The molecule has 0 fully saturated rings. The molecule has 0 aliphatic carbocycles. The van der Waals surface area contributed by atoms with Crippen LogP contribution in [0, 0.1) is 0 Å². The second-order valence-electron chi connectivity index (χ2n) is 9.94. The highest BCUT2D eigenvalue weighted by Gasteiger charge is 2.57. The molecule has 0 saturated heterocycles. The Hall–Kier alpha value is -1.78. The Morgan fingerprint density at radius 3 is 1.83 bits per heavy atom. The lowest BCUT2D eigenvalue weighted by atomic mass is 10.1. The molecule has 192 valence electrons. The van der Waals surface area contributed by atoms with E-state index in [1.54, 1.807) is 48.6 Å². The molecule has 0 saturated carbocycles. The molecule has 2 aromatic rings. The summed E-state index contributed by atoms with van der Waals surface area (Å²) in [5.41, 5.74) is 0. The molecule has 0 spiro atoms. The molecule has 3 rings (SSSR count). The van der Waals surface area contributed by atoms with Crippen LogP contribution in [0.5, 0.6) is 0 Å². The van der Waals surface area contributed by atoms with Crippen LogP contribution in [0.25, 0.3) is 0 Å². The van der Waals surface area contributed by atoms with Gasteiger partial charge in [-0.1, -0.05) is 55.5 Å². The van der Waals surface area contributed by atoms with Gasteiger partial charge in [-0.05, 0) is 57.3 Å². The topological polar surface area (TPSA) is 86.7 Å². The number of sulfone groups is 2. The van der Waals surface area contributed by atoms with Gasteiger partial charge in [0.25, 0.3) is 0 Å². The summed E-state index contributed by atoms with van der Waals surface area (Å²) in [4.78, 5) is -0.0564. The molecule has 0 radical (unpaired) electrons. The van der Waals surface area contributed by atoms with Crippen molar-refractivity contribution in [3.05, 3.63) is 72.8 Å². The summed E-state index contributed by atoms with van der Waals surface area (Å²) in [5.74, 6) is 0. The SMILES string of the molecule is CC[C@@H]1/C=C\CC(S(=O)(=O)c2ccccc2)(S(=O)(=O)c2ccccc2)C[C@H](O[Si](C)(C)C)[C@@H](C)O1. The maximum atomic E-state index is 14.4. The third-order valence-electron chi connectivity index (χ3n) is 6.20.